The van der Waals surface area contributed by atoms with Crippen LogP contribution in [0.15, 0.2) is 47.3 Å². The zero-order chi connectivity index (χ0) is 19.7. The molecule has 10 heteroatoms. The van der Waals surface area contributed by atoms with Crippen LogP contribution in [0.1, 0.15) is 20.7 Å². The molecular weight excluding hydrogens is 358 g/mol. The van der Waals surface area contributed by atoms with Gasteiger partial charge in [-0.2, -0.15) is 0 Å². The van der Waals surface area contributed by atoms with Crippen LogP contribution in [0.25, 0.3) is 10.9 Å². The fourth-order valence-corrected chi connectivity index (χ4v) is 2.55. The number of aromatic nitrogens is 1. The molecule has 0 saturated heterocycles. The standard InChI is InChI=1S/C17H11N3O7/c21-14-10-7-8(20(26)27)5-6-12(10)19-16(23)13(14)15(22)18-11-4-2-1-3-9(11)17(24)25/h1-7H,(H,18,22)(H,24,25)(H2,19,21,23). The number of nitro groups is 1. The van der Waals surface area contributed by atoms with Gasteiger partial charge < -0.3 is 20.5 Å². The number of fused-ring (bicyclic) bond motifs is 1. The molecule has 1 aromatic heterocycles. The minimum atomic E-state index is -1.29. The topological polar surface area (TPSA) is 163 Å². The summed E-state index contributed by atoms with van der Waals surface area (Å²) in [7, 11) is 0. The highest BCUT2D eigenvalue weighted by Crippen LogP contribution is 2.29. The zero-order valence-corrected chi connectivity index (χ0v) is 13.4. The second kappa shape index (κ2) is 6.59. The van der Waals surface area contributed by atoms with Crippen molar-refractivity contribution in [2.75, 3.05) is 5.32 Å². The Hall–Kier alpha value is -4.21. The largest absolute Gasteiger partial charge is 0.506 e. The summed E-state index contributed by atoms with van der Waals surface area (Å²) < 4.78 is 0. The van der Waals surface area contributed by atoms with Gasteiger partial charge in [-0.15, -0.1) is 0 Å². The number of aromatic hydroxyl groups is 1. The van der Waals surface area contributed by atoms with Crippen molar-refractivity contribution in [3.05, 3.63) is 74.1 Å². The van der Waals surface area contributed by atoms with Gasteiger partial charge in [0.15, 0.2) is 0 Å². The third-order valence-corrected chi connectivity index (χ3v) is 3.81. The van der Waals surface area contributed by atoms with Crippen molar-refractivity contribution >= 4 is 34.2 Å². The molecule has 1 amide bonds. The first-order chi connectivity index (χ1) is 12.8. The van der Waals surface area contributed by atoms with Crippen molar-refractivity contribution in [3.63, 3.8) is 0 Å². The maximum absolute atomic E-state index is 12.5. The Morgan fingerprint density at radius 2 is 1.85 bits per heavy atom. The Morgan fingerprint density at radius 3 is 2.52 bits per heavy atom. The minimum absolute atomic E-state index is 0.0760. The number of rotatable bonds is 4. The monoisotopic (exact) mass is 369 g/mol. The number of para-hydroxylation sites is 1. The maximum Gasteiger partial charge on any atom is 0.337 e. The average molecular weight is 369 g/mol. The van der Waals surface area contributed by atoms with E-state index >= 15 is 0 Å². The Balaban J connectivity index is 2.11. The molecule has 10 nitrogen and oxygen atoms in total. The average Bonchev–Trinajstić information content (AvgIpc) is 2.61. The first kappa shape index (κ1) is 17.6. The van der Waals surface area contributed by atoms with E-state index < -0.39 is 33.7 Å². The molecule has 4 N–H and O–H groups in total. The molecule has 1 heterocycles. The van der Waals surface area contributed by atoms with E-state index in [9.17, 15) is 29.6 Å². The van der Waals surface area contributed by atoms with Crippen molar-refractivity contribution in [1.29, 1.82) is 0 Å². The highest BCUT2D eigenvalue weighted by Gasteiger charge is 2.22. The number of non-ortho nitro benzene ring substituents is 1. The highest BCUT2D eigenvalue weighted by atomic mass is 16.6. The molecule has 136 valence electrons. The van der Waals surface area contributed by atoms with Crippen LogP contribution in [-0.2, 0) is 0 Å². The molecule has 0 unspecified atom stereocenters. The fourth-order valence-electron chi connectivity index (χ4n) is 2.55. The molecule has 27 heavy (non-hydrogen) atoms. The summed E-state index contributed by atoms with van der Waals surface area (Å²) in [4.78, 5) is 48.5. The van der Waals surface area contributed by atoms with Crippen molar-refractivity contribution in [2.45, 2.75) is 0 Å². The second-order valence-corrected chi connectivity index (χ2v) is 5.47. The van der Waals surface area contributed by atoms with Gasteiger partial charge in [0.05, 0.1) is 21.7 Å². The van der Waals surface area contributed by atoms with E-state index in [1.54, 1.807) is 0 Å². The molecule has 0 saturated carbocycles. The highest BCUT2D eigenvalue weighted by molar-refractivity contribution is 6.11. The van der Waals surface area contributed by atoms with Gasteiger partial charge in [0.2, 0.25) is 0 Å². The second-order valence-electron chi connectivity index (χ2n) is 5.47. The lowest BCUT2D eigenvalue weighted by molar-refractivity contribution is -0.384. The number of anilines is 1. The molecule has 0 atom stereocenters. The van der Waals surface area contributed by atoms with Crippen LogP contribution in [0.5, 0.6) is 5.75 Å². The van der Waals surface area contributed by atoms with E-state index in [4.69, 9.17) is 5.11 Å². The van der Waals surface area contributed by atoms with Crippen LogP contribution in [0, 0.1) is 10.1 Å². The SMILES string of the molecule is O=C(O)c1ccccc1NC(=O)c1c(O)c2cc([N+](=O)[O-])ccc2[nH]c1=O. The van der Waals surface area contributed by atoms with Gasteiger partial charge in [-0.05, 0) is 18.2 Å². The third-order valence-electron chi connectivity index (χ3n) is 3.81. The van der Waals surface area contributed by atoms with Crippen molar-refractivity contribution in [2.24, 2.45) is 0 Å². The molecule has 0 aliphatic carbocycles. The number of nitrogens with one attached hydrogen (secondary N) is 2. The van der Waals surface area contributed by atoms with Gasteiger partial charge in [0, 0.05) is 17.5 Å². The lowest BCUT2D eigenvalue weighted by Crippen LogP contribution is -2.24. The summed E-state index contributed by atoms with van der Waals surface area (Å²) in [5.74, 6) is -3.10. The number of carboxylic acids is 1. The Kier molecular flexibility index (Phi) is 4.30. The van der Waals surface area contributed by atoms with E-state index in [0.717, 1.165) is 12.1 Å². The van der Waals surface area contributed by atoms with Crippen LogP contribution in [-0.4, -0.2) is 32.0 Å². The van der Waals surface area contributed by atoms with Crippen LogP contribution in [0.4, 0.5) is 11.4 Å². The number of hydrogen-bond acceptors (Lipinski definition) is 6. The van der Waals surface area contributed by atoms with Crippen LogP contribution < -0.4 is 10.9 Å². The third kappa shape index (κ3) is 3.18. The van der Waals surface area contributed by atoms with Crippen LogP contribution >= 0.6 is 0 Å². The molecular formula is C17H11N3O7. The van der Waals surface area contributed by atoms with Crippen molar-refractivity contribution in [1.82, 2.24) is 4.98 Å². The van der Waals surface area contributed by atoms with Gasteiger partial charge >= 0.3 is 5.97 Å². The molecule has 0 aliphatic heterocycles. The number of pyridine rings is 1. The number of aromatic carboxylic acids is 1. The number of amides is 1. The molecule has 0 bridgehead atoms. The molecule has 0 spiro atoms. The van der Waals surface area contributed by atoms with Crippen LogP contribution in [0.3, 0.4) is 0 Å². The Morgan fingerprint density at radius 1 is 1.15 bits per heavy atom. The van der Waals surface area contributed by atoms with E-state index in [0.29, 0.717) is 0 Å². The molecule has 3 aromatic rings. The fraction of sp³-hybridized carbons (Fsp3) is 0. The van der Waals surface area contributed by atoms with E-state index in [1.165, 1.54) is 30.3 Å². The number of hydrogen-bond donors (Lipinski definition) is 4. The minimum Gasteiger partial charge on any atom is -0.506 e. The van der Waals surface area contributed by atoms with Crippen LogP contribution in [0.2, 0.25) is 0 Å². The normalized spacial score (nSPS) is 10.5. The smallest absolute Gasteiger partial charge is 0.337 e. The number of nitrogens with zero attached hydrogens (tertiary/aromatic N) is 1. The maximum atomic E-state index is 12.5. The van der Waals surface area contributed by atoms with Gasteiger partial charge in [-0.3, -0.25) is 19.7 Å². The summed E-state index contributed by atoms with van der Waals surface area (Å²) in [5.41, 5.74) is -2.15. The van der Waals surface area contributed by atoms with Gasteiger partial charge in [0.1, 0.15) is 11.3 Å². The number of carboxylic acid groups (broad SMARTS) is 1. The summed E-state index contributed by atoms with van der Waals surface area (Å²) >= 11 is 0. The summed E-state index contributed by atoms with van der Waals surface area (Å²) in [5, 5.41) is 32.6. The van der Waals surface area contributed by atoms with Gasteiger partial charge in [-0.1, -0.05) is 12.1 Å². The first-order valence-electron chi connectivity index (χ1n) is 7.46. The molecule has 3 rings (SSSR count). The van der Waals surface area contributed by atoms with Gasteiger partial charge in [0.25, 0.3) is 17.2 Å². The lowest BCUT2D eigenvalue weighted by Gasteiger charge is -2.10. The van der Waals surface area contributed by atoms with Crippen molar-refractivity contribution < 1.29 is 24.7 Å². The molecule has 0 aliphatic rings. The van der Waals surface area contributed by atoms with Gasteiger partial charge in [-0.25, -0.2) is 4.79 Å². The van der Waals surface area contributed by atoms with E-state index in [1.807, 2.05) is 0 Å². The predicted molar refractivity (Wildman–Crippen MR) is 94.2 cm³/mol. The first-order valence-corrected chi connectivity index (χ1v) is 7.46. The van der Waals surface area contributed by atoms with E-state index in [2.05, 4.69) is 10.3 Å². The lowest BCUT2D eigenvalue weighted by atomic mass is 10.1. The van der Waals surface area contributed by atoms with E-state index in [-0.39, 0.29) is 27.8 Å². The molecule has 0 radical (unpaired) electrons. The number of aromatic amines is 1. The Bertz CT molecular complexity index is 1170. The van der Waals surface area contributed by atoms with Crippen molar-refractivity contribution in [3.8, 4) is 5.75 Å². The number of H-pyrrole nitrogens is 1. The number of nitro benzene ring substituents is 1. The Labute approximate surface area is 149 Å². The number of carbonyl (C=O) groups is 2. The predicted octanol–water partition coefficient (Wildman–Crippen LogP) is 2.09. The number of carbonyl (C=O) groups excluding carboxylic acids is 1. The zero-order valence-electron chi connectivity index (χ0n) is 13.4. The quantitative estimate of drug-likeness (QED) is 0.404. The summed E-state index contributed by atoms with van der Waals surface area (Å²) in [6, 6.07) is 8.90. The molecule has 2 aromatic carbocycles. The summed E-state index contributed by atoms with van der Waals surface area (Å²) in [6.07, 6.45) is 0. The molecule has 0 fully saturated rings. The summed E-state index contributed by atoms with van der Waals surface area (Å²) in [6.45, 7) is 0. The number of benzene rings is 2.